The number of anilines is 1. The van der Waals surface area contributed by atoms with Crippen molar-refractivity contribution in [1.82, 2.24) is 20.6 Å². The number of halogens is 1. The second-order valence-corrected chi connectivity index (χ2v) is 8.56. The van der Waals surface area contributed by atoms with Crippen molar-refractivity contribution in [2.75, 3.05) is 5.32 Å². The fourth-order valence-corrected chi connectivity index (χ4v) is 3.39. The summed E-state index contributed by atoms with van der Waals surface area (Å²) in [6.45, 7) is 6.20. The van der Waals surface area contributed by atoms with Crippen LogP contribution in [0.5, 0.6) is 0 Å². The number of hydrogen-bond donors (Lipinski definition) is 3. The Morgan fingerprint density at radius 2 is 1.93 bits per heavy atom. The summed E-state index contributed by atoms with van der Waals surface area (Å²) < 4.78 is 15.0. The standard InChI is InChI=1S/C20H26FN5O/c1-20(2,3)17-11-18(26(25-17)14-8-6-13(21)7-9-14)22-19(27)16-10-15(23-24-16)12-4-5-12/h6-9,11-12,15-16,23-24H,4-5,10H2,1-3H3,(H,22,27). The first-order valence-electron chi connectivity index (χ1n) is 9.49. The Morgan fingerprint density at radius 3 is 2.56 bits per heavy atom. The van der Waals surface area contributed by atoms with E-state index in [1.807, 2.05) is 6.07 Å². The van der Waals surface area contributed by atoms with Crippen LogP contribution in [0.4, 0.5) is 10.2 Å². The summed E-state index contributed by atoms with van der Waals surface area (Å²) in [6, 6.07) is 8.08. The van der Waals surface area contributed by atoms with Gasteiger partial charge in [0.1, 0.15) is 17.7 Å². The summed E-state index contributed by atoms with van der Waals surface area (Å²) in [7, 11) is 0. The SMILES string of the molecule is CC(C)(C)c1cc(NC(=O)C2CC(C3CC3)NN2)n(-c2ccc(F)cc2)n1. The molecule has 1 aromatic heterocycles. The van der Waals surface area contributed by atoms with E-state index >= 15 is 0 Å². The number of amides is 1. The molecule has 6 nitrogen and oxygen atoms in total. The Morgan fingerprint density at radius 1 is 1.22 bits per heavy atom. The highest BCUT2D eigenvalue weighted by atomic mass is 19.1. The fraction of sp³-hybridized carbons (Fsp3) is 0.500. The van der Waals surface area contributed by atoms with Crippen molar-refractivity contribution in [1.29, 1.82) is 0 Å². The van der Waals surface area contributed by atoms with Crippen LogP contribution in [-0.2, 0) is 10.2 Å². The van der Waals surface area contributed by atoms with Crippen molar-refractivity contribution >= 4 is 11.7 Å². The average molecular weight is 371 g/mol. The molecule has 144 valence electrons. The van der Waals surface area contributed by atoms with E-state index in [1.165, 1.54) is 25.0 Å². The van der Waals surface area contributed by atoms with E-state index in [9.17, 15) is 9.18 Å². The second-order valence-electron chi connectivity index (χ2n) is 8.56. The molecule has 27 heavy (non-hydrogen) atoms. The summed E-state index contributed by atoms with van der Waals surface area (Å²) in [6.07, 6.45) is 3.26. The van der Waals surface area contributed by atoms with Crippen LogP contribution in [0.1, 0.15) is 45.7 Å². The summed E-state index contributed by atoms with van der Waals surface area (Å²) >= 11 is 0. The number of nitrogens with one attached hydrogen (secondary N) is 3. The van der Waals surface area contributed by atoms with Gasteiger partial charge in [-0.1, -0.05) is 20.8 Å². The lowest BCUT2D eigenvalue weighted by molar-refractivity contribution is -0.117. The molecule has 4 rings (SSSR count). The van der Waals surface area contributed by atoms with Crippen LogP contribution in [0.15, 0.2) is 30.3 Å². The molecule has 2 fully saturated rings. The van der Waals surface area contributed by atoms with Crippen LogP contribution in [0.2, 0.25) is 0 Å². The molecular weight excluding hydrogens is 345 g/mol. The molecular formula is C20H26FN5O. The van der Waals surface area contributed by atoms with Crippen molar-refractivity contribution in [3.8, 4) is 5.69 Å². The van der Waals surface area contributed by atoms with E-state index in [4.69, 9.17) is 0 Å². The molecule has 0 radical (unpaired) electrons. The molecule has 1 aromatic carbocycles. The van der Waals surface area contributed by atoms with Crippen molar-refractivity contribution in [3.05, 3.63) is 41.8 Å². The number of aromatic nitrogens is 2. The van der Waals surface area contributed by atoms with Gasteiger partial charge in [-0.3, -0.25) is 10.2 Å². The van der Waals surface area contributed by atoms with E-state index in [1.54, 1.807) is 16.8 Å². The summed E-state index contributed by atoms with van der Waals surface area (Å²) in [5, 5.41) is 7.66. The third-order valence-corrected chi connectivity index (χ3v) is 5.24. The Labute approximate surface area is 158 Å². The highest BCUT2D eigenvalue weighted by molar-refractivity contribution is 5.94. The number of carbonyl (C=O) groups excluding carboxylic acids is 1. The normalized spacial score (nSPS) is 22.8. The van der Waals surface area contributed by atoms with Gasteiger partial charge in [0.2, 0.25) is 5.91 Å². The summed E-state index contributed by atoms with van der Waals surface area (Å²) in [5.74, 6) is 0.884. The summed E-state index contributed by atoms with van der Waals surface area (Å²) in [4.78, 5) is 12.8. The van der Waals surface area contributed by atoms with Gasteiger partial charge in [0.15, 0.2) is 0 Å². The molecule has 2 atom stereocenters. The number of carbonyl (C=O) groups is 1. The quantitative estimate of drug-likeness (QED) is 0.773. The number of hydrogen-bond acceptors (Lipinski definition) is 4. The van der Waals surface area contributed by atoms with Crippen LogP contribution in [0.25, 0.3) is 5.69 Å². The first-order chi connectivity index (χ1) is 12.8. The lowest BCUT2D eigenvalue weighted by atomic mass is 9.92. The third-order valence-electron chi connectivity index (χ3n) is 5.24. The van der Waals surface area contributed by atoms with Crippen LogP contribution < -0.4 is 16.2 Å². The molecule has 3 N–H and O–H groups in total. The molecule has 0 spiro atoms. The predicted molar refractivity (Wildman–Crippen MR) is 102 cm³/mol. The van der Waals surface area contributed by atoms with Gasteiger partial charge in [-0.25, -0.2) is 14.5 Å². The molecule has 1 amide bonds. The molecule has 2 heterocycles. The highest BCUT2D eigenvalue weighted by Gasteiger charge is 2.39. The first-order valence-corrected chi connectivity index (χ1v) is 9.49. The minimum Gasteiger partial charge on any atom is -0.309 e. The minimum absolute atomic E-state index is 0.0885. The molecule has 1 aliphatic carbocycles. The lowest BCUT2D eigenvalue weighted by Gasteiger charge is -2.14. The molecule has 2 unspecified atom stereocenters. The topological polar surface area (TPSA) is 71.0 Å². The number of benzene rings is 1. The zero-order valence-electron chi connectivity index (χ0n) is 15.9. The number of nitrogens with zero attached hydrogens (tertiary/aromatic N) is 2. The Kier molecular flexibility index (Phi) is 4.52. The Bertz CT molecular complexity index is 835. The van der Waals surface area contributed by atoms with E-state index < -0.39 is 0 Å². The molecule has 1 aliphatic heterocycles. The molecule has 2 aromatic rings. The Balaban J connectivity index is 1.57. The largest absolute Gasteiger partial charge is 0.309 e. The lowest BCUT2D eigenvalue weighted by Crippen LogP contribution is -2.40. The molecule has 1 saturated heterocycles. The van der Waals surface area contributed by atoms with Crippen LogP contribution in [0.3, 0.4) is 0 Å². The van der Waals surface area contributed by atoms with Crippen molar-refractivity contribution in [3.63, 3.8) is 0 Å². The molecule has 0 bridgehead atoms. The van der Waals surface area contributed by atoms with Crippen LogP contribution >= 0.6 is 0 Å². The van der Waals surface area contributed by atoms with Gasteiger partial charge in [0.05, 0.1) is 11.4 Å². The molecule has 1 saturated carbocycles. The van der Waals surface area contributed by atoms with Gasteiger partial charge in [0.25, 0.3) is 0 Å². The Hall–Kier alpha value is -2.25. The monoisotopic (exact) mass is 371 g/mol. The van der Waals surface area contributed by atoms with Crippen LogP contribution in [-0.4, -0.2) is 27.8 Å². The van der Waals surface area contributed by atoms with Gasteiger partial charge in [-0.2, -0.15) is 5.10 Å². The minimum atomic E-state index is -0.306. The first kappa shape index (κ1) is 18.1. The third kappa shape index (κ3) is 3.89. The maximum absolute atomic E-state index is 13.3. The van der Waals surface area contributed by atoms with Crippen molar-refractivity contribution in [2.24, 2.45) is 5.92 Å². The fourth-order valence-electron chi connectivity index (χ4n) is 3.39. The maximum Gasteiger partial charge on any atom is 0.244 e. The zero-order valence-corrected chi connectivity index (χ0v) is 15.9. The van der Waals surface area contributed by atoms with Gasteiger partial charge in [0, 0.05) is 17.5 Å². The van der Waals surface area contributed by atoms with E-state index in [2.05, 4.69) is 42.0 Å². The summed E-state index contributed by atoms with van der Waals surface area (Å²) in [5.41, 5.74) is 7.74. The van der Waals surface area contributed by atoms with Crippen molar-refractivity contribution < 1.29 is 9.18 Å². The average Bonchev–Trinajstić information content (AvgIpc) is 3.17. The molecule has 7 heteroatoms. The van der Waals surface area contributed by atoms with E-state index in [0.29, 0.717) is 23.5 Å². The van der Waals surface area contributed by atoms with Gasteiger partial charge in [-0.05, 0) is 49.4 Å². The van der Waals surface area contributed by atoms with E-state index in [-0.39, 0.29) is 23.2 Å². The number of hydrazine groups is 1. The highest BCUT2D eigenvalue weighted by Crippen LogP contribution is 2.35. The smallest absolute Gasteiger partial charge is 0.244 e. The van der Waals surface area contributed by atoms with E-state index in [0.717, 1.165) is 12.1 Å². The predicted octanol–water partition coefficient (Wildman–Crippen LogP) is 2.89. The van der Waals surface area contributed by atoms with Crippen molar-refractivity contribution in [2.45, 2.75) is 57.5 Å². The van der Waals surface area contributed by atoms with Gasteiger partial charge >= 0.3 is 0 Å². The zero-order chi connectivity index (χ0) is 19.2. The second kappa shape index (κ2) is 6.73. The number of rotatable bonds is 4. The van der Waals surface area contributed by atoms with Gasteiger partial charge in [-0.15, -0.1) is 0 Å². The van der Waals surface area contributed by atoms with Crippen LogP contribution in [0, 0.1) is 11.7 Å². The molecule has 2 aliphatic rings. The maximum atomic E-state index is 13.3. The van der Waals surface area contributed by atoms with Gasteiger partial charge < -0.3 is 5.32 Å².